The Morgan fingerprint density at radius 3 is 2.64 bits per heavy atom. The Bertz CT molecular complexity index is 1110. The summed E-state index contributed by atoms with van der Waals surface area (Å²) in [6, 6.07) is 10.1. The maximum atomic E-state index is 12.5. The molecule has 3 aromatic rings. The SMILES string of the molecule is O=C(Cn1nnn(-c2ccccc2Cl)c1=O)Nc1cc2c(cc1Br)OCCO2. The molecule has 1 N–H and O–H groups in total. The fourth-order valence-electron chi connectivity index (χ4n) is 2.63. The first-order valence-electron chi connectivity index (χ1n) is 8.19. The van der Waals surface area contributed by atoms with Crippen LogP contribution < -0.4 is 20.5 Å². The summed E-state index contributed by atoms with van der Waals surface area (Å²) in [5.74, 6) is 0.673. The first-order valence-corrected chi connectivity index (χ1v) is 9.37. The van der Waals surface area contributed by atoms with Crippen molar-refractivity contribution in [1.29, 1.82) is 0 Å². The first-order chi connectivity index (χ1) is 13.5. The van der Waals surface area contributed by atoms with Gasteiger partial charge in [0.05, 0.1) is 16.4 Å². The van der Waals surface area contributed by atoms with E-state index in [0.717, 1.165) is 9.36 Å². The van der Waals surface area contributed by atoms with Crippen LogP contribution in [0.3, 0.4) is 0 Å². The van der Waals surface area contributed by atoms with Crippen molar-refractivity contribution in [2.45, 2.75) is 6.54 Å². The van der Waals surface area contributed by atoms with Crippen LogP contribution in [-0.4, -0.2) is 38.9 Å². The molecule has 144 valence electrons. The van der Waals surface area contributed by atoms with Gasteiger partial charge in [-0.15, -0.1) is 0 Å². The van der Waals surface area contributed by atoms with E-state index < -0.39 is 11.6 Å². The van der Waals surface area contributed by atoms with Crippen LogP contribution in [0.15, 0.2) is 45.7 Å². The first kappa shape index (κ1) is 18.5. The topological polar surface area (TPSA) is 100 Å². The molecule has 4 rings (SSSR count). The standard InChI is InChI=1S/C17H13BrClN5O4/c18-10-7-14-15(28-6-5-27-14)8-12(10)20-16(25)9-23-17(26)24(22-21-23)13-4-2-1-3-11(13)19/h1-4,7-8H,5-6,9H2,(H,20,25). The van der Waals surface area contributed by atoms with Gasteiger partial charge >= 0.3 is 5.69 Å². The van der Waals surface area contributed by atoms with Crippen molar-refractivity contribution >= 4 is 39.1 Å². The summed E-state index contributed by atoms with van der Waals surface area (Å²) in [7, 11) is 0. The van der Waals surface area contributed by atoms with Gasteiger partial charge in [-0.2, -0.15) is 9.36 Å². The zero-order valence-electron chi connectivity index (χ0n) is 14.3. The second-order valence-corrected chi connectivity index (χ2v) is 7.07. The van der Waals surface area contributed by atoms with Gasteiger partial charge in [0.15, 0.2) is 11.5 Å². The Kier molecular flexibility index (Phi) is 5.05. The number of ether oxygens (including phenoxy) is 2. The van der Waals surface area contributed by atoms with E-state index in [0.29, 0.717) is 45.6 Å². The quantitative estimate of drug-likeness (QED) is 0.633. The maximum Gasteiger partial charge on any atom is 0.369 e. The predicted molar refractivity (Wildman–Crippen MR) is 104 cm³/mol. The minimum absolute atomic E-state index is 0.315. The largest absolute Gasteiger partial charge is 0.486 e. The Balaban J connectivity index is 1.52. The molecule has 1 amide bonds. The molecule has 2 aromatic carbocycles. The predicted octanol–water partition coefficient (Wildman–Crippen LogP) is 2.25. The molecule has 0 unspecified atom stereocenters. The number of para-hydroxylation sites is 1. The van der Waals surface area contributed by atoms with Gasteiger partial charge in [-0.1, -0.05) is 23.7 Å². The van der Waals surface area contributed by atoms with Crippen molar-refractivity contribution in [3.8, 4) is 17.2 Å². The second kappa shape index (κ2) is 7.64. The van der Waals surface area contributed by atoms with Crippen LogP contribution in [0.4, 0.5) is 5.69 Å². The molecule has 1 aromatic heterocycles. The maximum absolute atomic E-state index is 12.5. The van der Waals surface area contributed by atoms with Gasteiger partial charge < -0.3 is 14.8 Å². The van der Waals surface area contributed by atoms with Crippen LogP contribution in [0.2, 0.25) is 5.02 Å². The monoisotopic (exact) mass is 465 g/mol. The molecule has 28 heavy (non-hydrogen) atoms. The summed E-state index contributed by atoms with van der Waals surface area (Å²) in [4.78, 5) is 24.9. The van der Waals surface area contributed by atoms with Crippen LogP contribution in [0.25, 0.3) is 5.69 Å². The number of benzene rings is 2. The van der Waals surface area contributed by atoms with Crippen LogP contribution in [-0.2, 0) is 11.3 Å². The Morgan fingerprint density at radius 1 is 1.18 bits per heavy atom. The van der Waals surface area contributed by atoms with Crippen molar-refractivity contribution in [3.05, 3.63) is 56.4 Å². The van der Waals surface area contributed by atoms with E-state index in [4.69, 9.17) is 21.1 Å². The lowest BCUT2D eigenvalue weighted by atomic mass is 10.2. The van der Waals surface area contributed by atoms with E-state index in [9.17, 15) is 9.59 Å². The van der Waals surface area contributed by atoms with E-state index in [2.05, 4.69) is 31.7 Å². The summed E-state index contributed by atoms with van der Waals surface area (Å²) in [6.45, 7) is 0.585. The van der Waals surface area contributed by atoms with Gasteiger partial charge in [0.2, 0.25) is 5.91 Å². The zero-order chi connectivity index (χ0) is 19.7. The highest BCUT2D eigenvalue weighted by molar-refractivity contribution is 9.10. The van der Waals surface area contributed by atoms with Crippen molar-refractivity contribution in [2.75, 3.05) is 18.5 Å². The van der Waals surface area contributed by atoms with Crippen LogP contribution in [0, 0.1) is 0 Å². The van der Waals surface area contributed by atoms with Gasteiger partial charge in [0.1, 0.15) is 19.8 Å². The summed E-state index contributed by atoms with van der Waals surface area (Å²) in [5, 5.41) is 10.6. The number of tetrazole rings is 1. The molecule has 0 fully saturated rings. The molecule has 0 radical (unpaired) electrons. The van der Waals surface area contributed by atoms with Gasteiger partial charge in [0, 0.05) is 16.6 Å². The van der Waals surface area contributed by atoms with Gasteiger partial charge in [0.25, 0.3) is 0 Å². The summed E-state index contributed by atoms with van der Waals surface area (Å²) in [6.07, 6.45) is 0. The van der Waals surface area contributed by atoms with Crippen molar-refractivity contribution in [1.82, 2.24) is 19.8 Å². The molecule has 0 spiro atoms. The lowest BCUT2D eigenvalue weighted by molar-refractivity contribution is -0.117. The lowest BCUT2D eigenvalue weighted by Gasteiger charge is -2.20. The van der Waals surface area contributed by atoms with Crippen LogP contribution in [0.5, 0.6) is 11.5 Å². The number of hydrogen-bond acceptors (Lipinski definition) is 6. The Labute approximate surface area is 171 Å². The van der Waals surface area contributed by atoms with E-state index in [-0.39, 0.29) is 6.54 Å². The van der Waals surface area contributed by atoms with Crippen molar-refractivity contribution < 1.29 is 14.3 Å². The minimum atomic E-state index is -0.579. The molecule has 9 nitrogen and oxygen atoms in total. The number of aromatic nitrogens is 4. The molecule has 1 aliphatic rings. The molecule has 1 aliphatic heterocycles. The lowest BCUT2D eigenvalue weighted by Crippen LogP contribution is -2.30. The highest BCUT2D eigenvalue weighted by atomic mass is 79.9. The van der Waals surface area contributed by atoms with Crippen molar-refractivity contribution in [3.63, 3.8) is 0 Å². The van der Waals surface area contributed by atoms with E-state index in [1.54, 1.807) is 36.4 Å². The van der Waals surface area contributed by atoms with E-state index in [1.807, 2.05) is 0 Å². The number of rotatable bonds is 4. The number of anilines is 1. The second-order valence-electron chi connectivity index (χ2n) is 5.81. The number of nitrogens with one attached hydrogen (secondary N) is 1. The van der Waals surface area contributed by atoms with Gasteiger partial charge in [-0.3, -0.25) is 4.79 Å². The average molecular weight is 467 g/mol. The Morgan fingerprint density at radius 2 is 1.89 bits per heavy atom. The normalized spacial score (nSPS) is 12.6. The third kappa shape index (κ3) is 3.60. The number of halogens is 2. The molecule has 0 saturated carbocycles. The summed E-state index contributed by atoms with van der Waals surface area (Å²) in [5.41, 5.74) is 0.292. The fraction of sp³-hybridized carbons (Fsp3) is 0.176. The van der Waals surface area contributed by atoms with Crippen LogP contribution in [0.1, 0.15) is 0 Å². The van der Waals surface area contributed by atoms with Gasteiger partial charge in [-0.05, 0) is 38.5 Å². The third-order valence-corrected chi connectivity index (χ3v) is 4.90. The highest BCUT2D eigenvalue weighted by Crippen LogP contribution is 2.38. The highest BCUT2D eigenvalue weighted by Gasteiger charge is 2.18. The number of hydrogen-bond donors (Lipinski definition) is 1. The average Bonchev–Trinajstić information content (AvgIpc) is 3.03. The van der Waals surface area contributed by atoms with E-state index >= 15 is 0 Å². The third-order valence-electron chi connectivity index (χ3n) is 3.92. The number of amides is 1. The number of fused-ring (bicyclic) bond motifs is 1. The van der Waals surface area contributed by atoms with Crippen molar-refractivity contribution in [2.24, 2.45) is 0 Å². The number of carbonyl (C=O) groups excluding carboxylic acids is 1. The zero-order valence-corrected chi connectivity index (χ0v) is 16.6. The minimum Gasteiger partial charge on any atom is -0.486 e. The van der Waals surface area contributed by atoms with Crippen LogP contribution >= 0.6 is 27.5 Å². The Hall–Kier alpha value is -2.85. The summed E-state index contributed by atoms with van der Waals surface area (Å²) < 4.78 is 13.6. The molecule has 2 heterocycles. The number of carbonyl (C=O) groups is 1. The number of nitrogens with zero attached hydrogens (tertiary/aromatic N) is 4. The molecule has 11 heteroatoms. The molecule has 0 saturated heterocycles. The smallest absolute Gasteiger partial charge is 0.369 e. The molecule has 0 atom stereocenters. The molecule has 0 bridgehead atoms. The fourth-order valence-corrected chi connectivity index (χ4v) is 3.27. The molecule has 0 aliphatic carbocycles. The van der Waals surface area contributed by atoms with E-state index in [1.165, 1.54) is 0 Å². The molecular weight excluding hydrogens is 454 g/mol. The molecular formula is C17H13BrClN5O4. The summed E-state index contributed by atoms with van der Waals surface area (Å²) >= 11 is 9.47. The van der Waals surface area contributed by atoms with Gasteiger partial charge in [-0.25, -0.2) is 4.79 Å².